The van der Waals surface area contributed by atoms with Crippen LogP contribution in [-0.2, 0) is 18.3 Å². The van der Waals surface area contributed by atoms with Crippen LogP contribution in [0.3, 0.4) is 0 Å². The highest BCUT2D eigenvalue weighted by Gasteiger charge is 2.22. The van der Waals surface area contributed by atoms with Crippen LogP contribution >= 0.6 is 11.8 Å². The first-order chi connectivity index (χ1) is 15.9. The van der Waals surface area contributed by atoms with Gasteiger partial charge in [0.2, 0.25) is 0 Å². The molecule has 0 aliphatic rings. The van der Waals surface area contributed by atoms with E-state index in [1.54, 1.807) is 30.5 Å². The van der Waals surface area contributed by atoms with E-state index in [9.17, 15) is 19.1 Å². The fourth-order valence-electron chi connectivity index (χ4n) is 3.35. The van der Waals surface area contributed by atoms with Gasteiger partial charge in [-0.2, -0.15) is 11.8 Å². The molecule has 0 spiro atoms. The van der Waals surface area contributed by atoms with E-state index in [2.05, 4.69) is 10.3 Å². The molecular formula is C25H26FN3O3S. The summed E-state index contributed by atoms with van der Waals surface area (Å²) in [6.45, 7) is 0. The minimum atomic E-state index is -1.07. The Labute approximate surface area is 196 Å². The number of carboxylic acids is 1. The van der Waals surface area contributed by atoms with Crippen LogP contribution in [0, 0.1) is 5.82 Å². The lowest BCUT2D eigenvalue weighted by molar-refractivity contribution is -0.139. The molecule has 172 valence electrons. The van der Waals surface area contributed by atoms with Gasteiger partial charge in [0.15, 0.2) is 0 Å². The maximum Gasteiger partial charge on any atom is 0.326 e. The van der Waals surface area contributed by atoms with Crippen LogP contribution in [0.4, 0.5) is 4.39 Å². The number of rotatable bonds is 10. The molecule has 8 heteroatoms. The van der Waals surface area contributed by atoms with Gasteiger partial charge in [-0.1, -0.05) is 30.4 Å². The molecule has 0 bridgehead atoms. The van der Waals surface area contributed by atoms with E-state index in [0.29, 0.717) is 35.3 Å². The molecule has 33 heavy (non-hydrogen) atoms. The molecule has 3 aromatic rings. The Morgan fingerprint density at radius 3 is 2.64 bits per heavy atom. The molecular weight excluding hydrogens is 441 g/mol. The molecule has 0 saturated heterocycles. The first-order valence-electron chi connectivity index (χ1n) is 10.4. The Morgan fingerprint density at radius 2 is 2.00 bits per heavy atom. The molecule has 1 amide bonds. The quantitative estimate of drug-likeness (QED) is 0.461. The Hall–Kier alpha value is -3.39. The van der Waals surface area contributed by atoms with Crippen LogP contribution in [-0.4, -0.2) is 44.6 Å². The van der Waals surface area contributed by atoms with Crippen molar-refractivity contribution in [2.45, 2.75) is 18.9 Å². The third kappa shape index (κ3) is 6.55. The van der Waals surface area contributed by atoms with E-state index in [0.717, 1.165) is 11.4 Å². The van der Waals surface area contributed by atoms with Crippen LogP contribution in [0.2, 0.25) is 0 Å². The number of carbonyl (C=O) groups excluding carboxylic acids is 1. The number of hydrogen-bond donors (Lipinski definition) is 2. The van der Waals surface area contributed by atoms with Gasteiger partial charge in [0.05, 0.1) is 0 Å². The maximum absolute atomic E-state index is 13.5. The summed E-state index contributed by atoms with van der Waals surface area (Å²) in [6.07, 6.45) is 10.4. The molecule has 0 aliphatic heterocycles. The highest BCUT2D eigenvalue weighted by atomic mass is 32.2. The lowest BCUT2D eigenvalue weighted by atomic mass is 9.96. The summed E-state index contributed by atoms with van der Waals surface area (Å²) in [6, 6.07) is 10.2. The van der Waals surface area contributed by atoms with E-state index in [1.807, 2.05) is 42.3 Å². The minimum absolute atomic E-state index is 0.322. The molecule has 1 heterocycles. The number of aryl methyl sites for hydroxylation is 1. The van der Waals surface area contributed by atoms with Gasteiger partial charge in [-0.3, -0.25) is 4.79 Å². The van der Waals surface area contributed by atoms with Crippen LogP contribution in [0.5, 0.6) is 0 Å². The van der Waals surface area contributed by atoms with Crippen molar-refractivity contribution in [3.8, 4) is 11.1 Å². The number of allylic oxidation sites excluding steroid dienone is 1. The molecule has 1 aromatic heterocycles. The number of imidazole rings is 1. The van der Waals surface area contributed by atoms with E-state index in [-0.39, 0.29) is 5.82 Å². The highest BCUT2D eigenvalue weighted by Crippen LogP contribution is 2.26. The molecule has 0 radical (unpaired) electrons. The first kappa shape index (κ1) is 24.3. The van der Waals surface area contributed by atoms with Crippen molar-refractivity contribution in [1.82, 2.24) is 14.9 Å². The fraction of sp³-hybridized carbons (Fsp3) is 0.240. The van der Waals surface area contributed by atoms with Crippen LogP contribution in [0.25, 0.3) is 17.2 Å². The molecule has 0 unspecified atom stereocenters. The number of benzene rings is 2. The van der Waals surface area contributed by atoms with E-state index >= 15 is 0 Å². The summed E-state index contributed by atoms with van der Waals surface area (Å²) in [5.74, 6) is -0.396. The number of aromatic nitrogens is 2. The zero-order valence-corrected chi connectivity index (χ0v) is 19.3. The van der Waals surface area contributed by atoms with E-state index in [1.165, 1.54) is 23.9 Å². The minimum Gasteiger partial charge on any atom is -0.480 e. The molecule has 2 aromatic carbocycles. The molecule has 0 aliphatic carbocycles. The van der Waals surface area contributed by atoms with Gasteiger partial charge >= 0.3 is 5.97 Å². The molecule has 1 atom stereocenters. The van der Waals surface area contributed by atoms with Crippen molar-refractivity contribution in [3.05, 3.63) is 83.7 Å². The van der Waals surface area contributed by atoms with Crippen LogP contribution < -0.4 is 5.32 Å². The average molecular weight is 468 g/mol. The summed E-state index contributed by atoms with van der Waals surface area (Å²) in [4.78, 5) is 28.9. The van der Waals surface area contributed by atoms with Gasteiger partial charge in [0.25, 0.3) is 5.91 Å². The number of halogens is 1. The number of carbonyl (C=O) groups is 2. The number of thioether (sulfide) groups is 1. The molecule has 6 nitrogen and oxygen atoms in total. The second-order valence-electron chi connectivity index (χ2n) is 7.52. The first-order valence-corrected chi connectivity index (χ1v) is 11.8. The second kappa shape index (κ2) is 11.5. The zero-order valence-electron chi connectivity index (χ0n) is 18.5. The van der Waals surface area contributed by atoms with Crippen molar-refractivity contribution < 1.29 is 19.1 Å². The molecule has 3 rings (SSSR count). The Balaban J connectivity index is 1.90. The Bertz CT molecular complexity index is 1140. The summed E-state index contributed by atoms with van der Waals surface area (Å²) in [5.41, 5.74) is 2.45. The van der Waals surface area contributed by atoms with Gasteiger partial charge < -0.3 is 15.0 Å². The number of nitrogens with zero attached hydrogens (tertiary/aromatic N) is 2. The maximum atomic E-state index is 13.5. The summed E-state index contributed by atoms with van der Waals surface area (Å²) < 4.78 is 15.4. The van der Waals surface area contributed by atoms with Crippen molar-refractivity contribution >= 4 is 29.7 Å². The van der Waals surface area contributed by atoms with Gasteiger partial charge in [0, 0.05) is 31.4 Å². The Morgan fingerprint density at radius 1 is 1.24 bits per heavy atom. The van der Waals surface area contributed by atoms with Crippen molar-refractivity contribution in [2.75, 3.05) is 12.0 Å². The summed E-state index contributed by atoms with van der Waals surface area (Å²) in [5, 5.41) is 12.1. The van der Waals surface area contributed by atoms with Gasteiger partial charge in [-0.15, -0.1) is 0 Å². The lowest BCUT2D eigenvalue weighted by Gasteiger charge is -2.16. The van der Waals surface area contributed by atoms with Crippen molar-refractivity contribution in [1.29, 1.82) is 0 Å². The van der Waals surface area contributed by atoms with Crippen LogP contribution in [0.15, 0.2) is 60.9 Å². The predicted molar refractivity (Wildman–Crippen MR) is 130 cm³/mol. The number of carboxylic acid groups (broad SMARTS) is 1. The van der Waals surface area contributed by atoms with E-state index in [4.69, 9.17) is 0 Å². The van der Waals surface area contributed by atoms with Crippen molar-refractivity contribution in [3.63, 3.8) is 0 Å². The van der Waals surface area contributed by atoms with E-state index < -0.39 is 17.9 Å². The predicted octanol–water partition coefficient (Wildman–Crippen LogP) is 4.42. The molecule has 2 N–H and O–H groups in total. The zero-order chi connectivity index (χ0) is 23.8. The average Bonchev–Trinajstić information content (AvgIpc) is 3.21. The molecule has 0 fully saturated rings. The lowest BCUT2D eigenvalue weighted by Crippen LogP contribution is -2.41. The number of hydrogen-bond acceptors (Lipinski definition) is 4. The normalized spacial score (nSPS) is 12.1. The van der Waals surface area contributed by atoms with Gasteiger partial charge in [-0.05, 0) is 59.4 Å². The summed E-state index contributed by atoms with van der Waals surface area (Å²) in [7, 11) is 1.93. The van der Waals surface area contributed by atoms with Crippen molar-refractivity contribution in [2.24, 2.45) is 7.05 Å². The number of aliphatic carboxylic acids is 1. The topological polar surface area (TPSA) is 84.2 Å². The van der Waals surface area contributed by atoms with Gasteiger partial charge in [-0.25, -0.2) is 14.2 Å². The Kier molecular flexibility index (Phi) is 8.43. The number of amides is 1. The highest BCUT2D eigenvalue weighted by molar-refractivity contribution is 7.98. The largest absolute Gasteiger partial charge is 0.480 e. The monoisotopic (exact) mass is 467 g/mol. The standard InChI is InChI=1S/C25H26FN3O3S/c1-29-14-13-27-23(29)5-3-4-17-6-11-20(21(16-17)18-7-9-19(26)10-8-18)24(30)28-22(25(31)32)12-15-33-2/h3-4,6-11,13-14,16,22H,5,12,15H2,1-2H3,(H,28,30)(H,31,32)/b4-3+/t22-/m0/s1. The van der Waals surface area contributed by atoms with Gasteiger partial charge in [0.1, 0.15) is 17.7 Å². The molecule has 0 saturated carbocycles. The third-order valence-electron chi connectivity index (χ3n) is 5.19. The fourth-order valence-corrected chi connectivity index (χ4v) is 3.83. The van der Waals surface area contributed by atoms with Crippen LogP contribution in [0.1, 0.15) is 28.2 Å². The summed E-state index contributed by atoms with van der Waals surface area (Å²) >= 11 is 1.52. The smallest absolute Gasteiger partial charge is 0.326 e. The number of nitrogens with one attached hydrogen (secondary N) is 1. The third-order valence-corrected chi connectivity index (χ3v) is 5.83. The SMILES string of the molecule is CSCC[C@H](NC(=O)c1ccc(/C=C/Cc2nccn2C)cc1-c1ccc(F)cc1)C(=O)O. The second-order valence-corrected chi connectivity index (χ2v) is 8.50.